The van der Waals surface area contributed by atoms with Gasteiger partial charge in [-0.2, -0.15) is 0 Å². The summed E-state index contributed by atoms with van der Waals surface area (Å²) in [7, 11) is 0. The van der Waals surface area contributed by atoms with E-state index in [2.05, 4.69) is 4.98 Å². The summed E-state index contributed by atoms with van der Waals surface area (Å²) in [5.41, 5.74) is 2.88. The van der Waals surface area contributed by atoms with Crippen LogP contribution >= 0.6 is 0 Å². The zero-order chi connectivity index (χ0) is 18.5. The molecule has 3 rings (SSSR count). The van der Waals surface area contributed by atoms with Crippen molar-refractivity contribution in [2.75, 3.05) is 24.5 Å². The number of carbonyl (C=O) groups excluding carboxylic acids is 2. The highest BCUT2D eigenvalue weighted by atomic mass is 16.2. The highest BCUT2D eigenvalue weighted by Crippen LogP contribution is 2.19. The maximum absolute atomic E-state index is 13.0. The smallest absolute Gasteiger partial charge is 0.259 e. The van der Waals surface area contributed by atoms with Crippen LogP contribution < -0.4 is 4.90 Å². The fourth-order valence-corrected chi connectivity index (χ4v) is 3.35. The van der Waals surface area contributed by atoms with E-state index in [0.717, 1.165) is 37.2 Å². The summed E-state index contributed by atoms with van der Waals surface area (Å²) in [4.78, 5) is 33.4. The number of nitrogens with zero attached hydrogens (tertiary/aromatic N) is 3. The first-order valence-electron chi connectivity index (χ1n) is 9.23. The van der Waals surface area contributed by atoms with Crippen molar-refractivity contribution in [1.82, 2.24) is 9.88 Å². The molecule has 0 atom stereocenters. The van der Waals surface area contributed by atoms with Crippen molar-refractivity contribution in [2.45, 2.75) is 33.1 Å². The molecular formula is C21H25N3O2. The van der Waals surface area contributed by atoms with Crippen molar-refractivity contribution in [3.8, 4) is 0 Å². The summed E-state index contributed by atoms with van der Waals surface area (Å²) < 4.78 is 0. The Hall–Kier alpha value is -2.69. The first kappa shape index (κ1) is 18.1. The van der Waals surface area contributed by atoms with Crippen molar-refractivity contribution in [1.29, 1.82) is 0 Å². The molecule has 0 unspecified atom stereocenters. The maximum atomic E-state index is 13.0. The molecule has 136 valence electrons. The van der Waals surface area contributed by atoms with E-state index in [1.54, 1.807) is 17.2 Å². The van der Waals surface area contributed by atoms with Gasteiger partial charge in [-0.3, -0.25) is 14.6 Å². The highest BCUT2D eigenvalue weighted by Gasteiger charge is 2.21. The van der Waals surface area contributed by atoms with Crippen LogP contribution in [0.15, 0.2) is 42.7 Å². The van der Waals surface area contributed by atoms with Crippen LogP contribution in [0.2, 0.25) is 0 Å². The largest absolute Gasteiger partial charge is 0.339 e. The first-order chi connectivity index (χ1) is 12.6. The second kappa shape index (κ2) is 8.13. The van der Waals surface area contributed by atoms with Crippen LogP contribution in [0, 0.1) is 6.92 Å². The lowest BCUT2D eigenvalue weighted by molar-refractivity contribution is 0.0724. The monoisotopic (exact) mass is 351 g/mol. The van der Waals surface area contributed by atoms with Gasteiger partial charge in [-0.25, -0.2) is 0 Å². The SMILES string of the molecule is CCN(C(=O)c1cncc(C(=O)N2CCCCC2)c1)c1cccc(C)c1. The van der Waals surface area contributed by atoms with Gasteiger partial charge in [-0.15, -0.1) is 0 Å². The van der Waals surface area contributed by atoms with E-state index >= 15 is 0 Å². The van der Waals surface area contributed by atoms with Gasteiger partial charge in [0.2, 0.25) is 0 Å². The number of anilines is 1. The molecule has 0 saturated carbocycles. The summed E-state index contributed by atoms with van der Waals surface area (Å²) >= 11 is 0. The summed E-state index contributed by atoms with van der Waals surface area (Å²) in [5, 5.41) is 0. The molecule has 1 aliphatic rings. The van der Waals surface area contributed by atoms with Gasteiger partial charge in [0.25, 0.3) is 11.8 Å². The van der Waals surface area contributed by atoms with E-state index < -0.39 is 0 Å². The van der Waals surface area contributed by atoms with Gasteiger partial charge in [0, 0.05) is 37.7 Å². The minimum absolute atomic E-state index is 0.0366. The van der Waals surface area contributed by atoms with Crippen LogP contribution in [0.3, 0.4) is 0 Å². The summed E-state index contributed by atoms with van der Waals surface area (Å²) in [6, 6.07) is 9.52. The molecule has 1 fully saturated rings. The van der Waals surface area contributed by atoms with Crippen molar-refractivity contribution < 1.29 is 9.59 Å². The molecule has 0 aliphatic carbocycles. The first-order valence-corrected chi connectivity index (χ1v) is 9.23. The van der Waals surface area contributed by atoms with E-state index in [1.165, 1.54) is 12.6 Å². The number of hydrogen-bond donors (Lipinski definition) is 0. The standard InChI is InChI=1S/C21H25N3O2/c1-3-24(19-9-7-8-16(2)12-19)21(26)18-13-17(14-22-15-18)20(25)23-10-5-4-6-11-23/h7-9,12-15H,3-6,10-11H2,1-2H3. The average Bonchev–Trinajstić information content (AvgIpc) is 2.69. The highest BCUT2D eigenvalue weighted by molar-refractivity contribution is 6.07. The molecular weight excluding hydrogens is 326 g/mol. The zero-order valence-corrected chi connectivity index (χ0v) is 15.4. The minimum Gasteiger partial charge on any atom is -0.339 e. The third-order valence-corrected chi connectivity index (χ3v) is 4.75. The molecule has 2 amide bonds. The van der Waals surface area contributed by atoms with Gasteiger partial charge in [0.15, 0.2) is 0 Å². The second-order valence-corrected chi connectivity index (χ2v) is 6.70. The third-order valence-electron chi connectivity index (χ3n) is 4.75. The second-order valence-electron chi connectivity index (χ2n) is 6.70. The molecule has 0 spiro atoms. The van der Waals surface area contributed by atoms with Gasteiger partial charge >= 0.3 is 0 Å². The van der Waals surface area contributed by atoms with Gasteiger partial charge in [0.05, 0.1) is 11.1 Å². The molecule has 1 aromatic carbocycles. The normalized spacial score (nSPS) is 14.2. The quantitative estimate of drug-likeness (QED) is 0.844. The molecule has 5 heteroatoms. The number of carbonyl (C=O) groups is 2. The van der Waals surface area contributed by atoms with Crippen molar-refractivity contribution in [3.05, 3.63) is 59.4 Å². The Morgan fingerprint density at radius 2 is 1.81 bits per heavy atom. The summed E-state index contributed by atoms with van der Waals surface area (Å²) in [6.45, 7) is 6.05. The van der Waals surface area contributed by atoms with E-state index in [4.69, 9.17) is 0 Å². The Balaban J connectivity index is 1.84. The van der Waals surface area contributed by atoms with E-state index in [1.807, 2.05) is 43.0 Å². The lowest BCUT2D eigenvalue weighted by atomic mass is 10.1. The molecule has 2 aromatic rings. The Labute approximate surface area is 154 Å². The topological polar surface area (TPSA) is 53.5 Å². The number of amides is 2. The van der Waals surface area contributed by atoms with Crippen LogP contribution in [0.4, 0.5) is 5.69 Å². The number of hydrogen-bond acceptors (Lipinski definition) is 3. The molecule has 0 bridgehead atoms. The number of likely N-dealkylation sites (tertiary alicyclic amines) is 1. The minimum atomic E-state index is -0.140. The number of rotatable bonds is 4. The van der Waals surface area contributed by atoms with Crippen LogP contribution in [-0.4, -0.2) is 41.3 Å². The lowest BCUT2D eigenvalue weighted by Crippen LogP contribution is -2.36. The van der Waals surface area contributed by atoms with E-state index in [-0.39, 0.29) is 11.8 Å². The Morgan fingerprint density at radius 1 is 1.08 bits per heavy atom. The van der Waals surface area contributed by atoms with Gasteiger partial charge in [-0.1, -0.05) is 12.1 Å². The third kappa shape index (κ3) is 3.93. The molecule has 0 radical (unpaired) electrons. The number of piperidine rings is 1. The van der Waals surface area contributed by atoms with Crippen molar-refractivity contribution in [2.24, 2.45) is 0 Å². The molecule has 1 aliphatic heterocycles. The number of aromatic nitrogens is 1. The molecule has 2 heterocycles. The molecule has 0 N–H and O–H groups in total. The fourth-order valence-electron chi connectivity index (χ4n) is 3.35. The molecule has 26 heavy (non-hydrogen) atoms. The van der Waals surface area contributed by atoms with Crippen LogP contribution in [0.25, 0.3) is 0 Å². The Kier molecular flexibility index (Phi) is 5.66. The van der Waals surface area contributed by atoms with Crippen molar-refractivity contribution in [3.63, 3.8) is 0 Å². The number of pyridine rings is 1. The summed E-state index contributed by atoms with van der Waals surface area (Å²) in [6.07, 6.45) is 6.33. The van der Waals surface area contributed by atoms with Gasteiger partial charge in [0.1, 0.15) is 0 Å². The van der Waals surface area contributed by atoms with Gasteiger partial charge in [-0.05, 0) is 56.9 Å². The Bertz CT molecular complexity index is 797. The predicted octanol–water partition coefficient (Wildman–Crippen LogP) is 3.68. The predicted molar refractivity (Wildman–Crippen MR) is 103 cm³/mol. The van der Waals surface area contributed by atoms with Gasteiger partial charge < -0.3 is 9.80 Å². The average molecular weight is 351 g/mol. The van der Waals surface area contributed by atoms with E-state index in [9.17, 15) is 9.59 Å². The molecule has 1 saturated heterocycles. The van der Waals surface area contributed by atoms with Crippen LogP contribution in [0.5, 0.6) is 0 Å². The van der Waals surface area contributed by atoms with Crippen LogP contribution in [0.1, 0.15) is 52.5 Å². The fraction of sp³-hybridized carbons (Fsp3) is 0.381. The Morgan fingerprint density at radius 3 is 2.50 bits per heavy atom. The lowest BCUT2D eigenvalue weighted by Gasteiger charge is -2.27. The zero-order valence-electron chi connectivity index (χ0n) is 15.4. The number of aryl methyl sites for hydroxylation is 1. The number of benzene rings is 1. The van der Waals surface area contributed by atoms with Crippen LogP contribution in [-0.2, 0) is 0 Å². The molecule has 5 nitrogen and oxygen atoms in total. The maximum Gasteiger partial charge on any atom is 0.259 e. The summed E-state index contributed by atoms with van der Waals surface area (Å²) in [5.74, 6) is -0.177. The molecule has 1 aromatic heterocycles. The van der Waals surface area contributed by atoms with Crippen molar-refractivity contribution >= 4 is 17.5 Å². The van der Waals surface area contributed by atoms with E-state index in [0.29, 0.717) is 17.7 Å².